The number of sulfonamides is 1. The number of hydrogen-bond acceptors (Lipinski definition) is 3. The Morgan fingerprint density at radius 3 is 2.58 bits per heavy atom. The van der Waals surface area contributed by atoms with Crippen molar-refractivity contribution in [2.75, 3.05) is 6.54 Å². The molecule has 1 unspecified atom stereocenters. The molecule has 1 atom stereocenters. The van der Waals surface area contributed by atoms with Crippen LogP contribution in [0, 0.1) is 0 Å². The van der Waals surface area contributed by atoms with Gasteiger partial charge in [0.1, 0.15) is 0 Å². The van der Waals surface area contributed by atoms with E-state index in [2.05, 4.69) is 0 Å². The minimum absolute atomic E-state index is 0.00482. The van der Waals surface area contributed by atoms with Crippen LogP contribution in [0.5, 0.6) is 0 Å². The second kappa shape index (κ2) is 5.07. The number of hydrogen-bond donors (Lipinski definition) is 0. The quantitative estimate of drug-likeness (QED) is 0.871. The fourth-order valence-electron chi connectivity index (χ4n) is 2.52. The van der Waals surface area contributed by atoms with E-state index in [4.69, 9.17) is 0 Å². The maximum Gasteiger partial charge on any atom is 0.243 e. The first-order valence-electron chi connectivity index (χ1n) is 6.30. The summed E-state index contributed by atoms with van der Waals surface area (Å²) in [5, 5.41) is 2.00. The minimum Gasteiger partial charge on any atom is -0.207 e. The molecule has 1 aromatic heterocycles. The summed E-state index contributed by atoms with van der Waals surface area (Å²) < 4.78 is 27.0. The lowest BCUT2D eigenvalue weighted by atomic mass is 10.2. The Balaban J connectivity index is 1.97. The van der Waals surface area contributed by atoms with Gasteiger partial charge in [-0.2, -0.15) is 4.31 Å². The smallest absolute Gasteiger partial charge is 0.207 e. The molecular weight excluding hydrogens is 278 g/mol. The maximum atomic E-state index is 12.7. The van der Waals surface area contributed by atoms with Gasteiger partial charge in [0, 0.05) is 11.4 Å². The maximum absolute atomic E-state index is 12.7. The summed E-state index contributed by atoms with van der Waals surface area (Å²) in [6.07, 6.45) is 1.83. The molecule has 2 heterocycles. The Kier molecular flexibility index (Phi) is 3.43. The van der Waals surface area contributed by atoms with Crippen LogP contribution in [0.15, 0.2) is 52.7 Å². The molecule has 3 nitrogen and oxygen atoms in total. The van der Waals surface area contributed by atoms with Crippen molar-refractivity contribution in [3.63, 3.8) is 0 Å². The van der Waals surface area contributed by atoms with Gasteiger partial charge in [-0.3, -0.25) is 0 Å². The molecule has 0 N–H and O–H groups in total. The molecular formula is C14H15NO2S2. The monoisotopic (exact) mass is 293 g/mol. The predicted octanol–water partition coefficient (Wildman–Crippen LogP) is 3.27. The third-order valence-corrected chi connectivity index (χ3v) is 6.32. The zero-order valence-electron chi connectivity index (χ0n) is 10.4. The molecule has 3 rings (SSSR count). The van der Waals surface area contributed by atoms with Gasteiger partial charge in [-0.25, -0.2) is 8.42 Å². The van der Waals surface area contributed by atoms with Crippen molar-refractivity contribution in [2.45, 2.75) is 23.8 Å². The summed E-state index contributed by atoms with van der Waals surface area (Å²) >= 11 is 1.63. The highest BCUT2D eigenvalue weighted by Crippen LogP contribution is 2.38. The van der Waals surface area contributed by atoms with E-state index in [9.17, 15) is 8.42 Å². The van der Waals surface area contributed by atoms with Crippen LogP contribution in [0.4, 0.5) is 0 Å². The van der Waals surface area contributed by atoms with Crippen LogP contribution < -0.4 is 0 Å². The Bertz CT molecular complexity index is 635. The molecule has 0 aliphatic carbocycles. The standard InChI is InChI=1S/C14H15NO2S2/c16-19(17,12-6-2-1-3-7-12)15-10-4-8-13(15)14-9-5-11-18-14/h1-3,5-7,9,11,13H,4,8,10H2. The van der Waals surface area contributed by atoms with Gasteiger partial charge in [-0.1, -0.05) is 24.3 Å². The molecule has 1 aliphatic rings. The van der Waals surface area contributed by atoms with E-state index in [-0.39, 0.29) is 6.04 Å². The molecule has 5 heteroatoms. The molecule has 0 saturated carbocycles. The van der Waals surface area contributed by atoms with Gasteiger partial charge in [-0.05, 0) is 36.4 Å². The summed E-state index contributed by atoms with van der Waals surface area (Å²) in [7, 11) is -3.37. The molecule has 2 aromatic rings. The SMILES string of the molecule is O=S(=O)(c1ccccc1)N1CCCC1c1cccs1. The third-order valence-electron chi connectivity index (χ3n) is 3.43. The van der Waals surface area contributed by atoms with Gasteiger partial charge in [0.25, 0.3) is 0 Å². The lowest BCUT2D eigenvalue weighted by Gasteiger charge is -2.23. The summed E-state index contributed by atoms with van der Waals surface area (Å²) in [6, 6.07) is 12.7. The summed E-state index contributed by atoms with van der Waals surface area (Å²) in [4.78, 5) is 1.52. The molecule has 0 bridgehead atoms. The van der Waals surface area contributed by atoms with Crippen molar-refractivity contribution in [2.24, 2.45) is 0 Å². The Morgan fingerprint density at radius 1 is 1.11 bits per heavy atom. The fourth-order valence-corrected chi connectivity index (χ4v) is 5.16. The fraction of sp³-hybridized carbons (Fsp3) is 0.286. The first-order valence-corrected chi connectivity index (χ1v) is 8.62. The van der Waals surface area contributed by atoms with Crippen LogP contribution in [0.2, 0.25) is 0 Å². The van der Waals surface area contributed by atoms with Crippen molar-refractivity contribution < 1.29 is 8.42 Å². The molecule has 0 radical (unpaired) electrons. The first-order chi connectivity index (χ1) is 9.19. The molecule has 1 aromatic carbocycles. The summed E-state index contributed by atoms with van der Waals surface area (Å²) in [5.41, 5.74) is 0. The lowest BCUT2D eigenvalue weighted by molar-refractivity contribution is 0.401. The van der Waals surface area contributed by atoms with E-state index in [1.807, 2.05) is 23.6 Å². The number of benzene rings is 1. The number of rotatable bonds is 3. The van der Waals surface area contributed by atoms with Gasteiger partial charge in [0.15, 0.2) is 0 Å². The van der Waals surface area contributed by atoms with E-state index in [0.717, 1.165) is 17.7 Å². The molecule has 1 fully saturated rings. The van der Waals surface area contributed by atoms with E-state index >= 15 is 0 Å². The lowest BCUT2D eigenvalue weighted by Crippen LogP contribution is -2.30. The zero-order valence-corrected chi connectivity index (χ0v) is 12.0. The van der Waals surface area contributed by atoms with Gasteiger partial charge >= 0.3 is 0 Å². The van der Waals surface area contributed by atoms with E-state index in [0.29, 0.717) is 11.4 Å². The van der Waals surface area contributed by atoms with Crippen LogP contribution in [-0.2, 0) is 10.0 Å². The van der Waals surface area contributed by atoms with Crippen molar-refractivity contribution in [3.05, 3.63) is 52.7 Å². The summed E-state index contributed by atoms with van der Waals surface area (Å²) in [6.45, 7) is 0.611. The molecule has 19 heavy (non-hydrogen) atoms. The van der Waals surface area contributed by atoms with Crippen molar-refractivity contribution in [1.29, 1.82) is 0 Å². The Labute approximate surface area is 117 Å². The average Bonchev–Trinajstić information content (AvgIpc) is 3.10. The highest BCUT2D eigenvalue weighted by Gasteiger charge is 2.36. The van der Waals surface area contributed by atoms with Crippen LogP contribution in [0.25, 0.3) is 0 Å². The second-order valence-electron chi connectivity index (χ2n) is 4.60. The third kappa shape index (κ3) is 2.33. The second-order valence-corrected chi connectivity index (χ2v) is 7.47. The van der Waals surface area contributed by atoms with Gasteiger partial charge in [0.05, 0.1) is 10.9 Å². The highest BCUT2D eigenvalue weighted by molar-refractivity contribution is 7.89. The van der Waals surface area contributed by atoms with Crippen molar-refractivity contribution in [1.82, 2.24) is 4.31 Å². The highest BCUT2D eigenvalue weighted by atomic mass is 32.2. The van der Waals surface area contributed by atoms with Crippen LogP contribution in [-0.4, -0.2) is 19.3 Å². The Hall–Kier alpha value is -1.17. The predicted molar refractivity (Wildman–Crippen MR) is 76.6 cm³/mol. The average molecular weight is 293 g/mol. The Morgan fingerprint density at radius 2 is 1.89 bits per heavy atom. The van der Waals surface area contributed by atoms with Gasteiger partial charge < -0.3 is 0 Å². The molecule has 0 spiro atoms. The molecule has 100 valence electrons. The van der Waals surface area contributed by atoms with Crippen LogP contribution in [0.1, 0.15) is 23.8 Å². The number of nitrogens with zero attached hydrogens (tertiary/aromatic N) is 1. The van der Waals surface area contributed by atoms with Gasteiger partial charge in [-0.15, -0.1) is 11.3 Å². The minimum atomic E-state index is -3.37. The normalized spacial score (nSPS) is 20.7. The van der Waals surface area contributed by atoms with Crippen LogP contribution >= 0.6 is 11.3 Å². The summed E-state index contributed by atoms with van der Waals surface area (Å²) in [5.74, 6) is 0. The zero-order chi connectivity index (χ0) is 13.3. The van der Waals surface area contributed by atoms with E-state index in [1.165, 1.54) is 0 Å². The first kappa shape index (κ1) is 12.8. The van der Waals surface area contributed by atoms with Crippen LogP contribution in [0.3, 0.4) is 0 Å². The van der Waals surface area contributed by atoms with Gasteiger partial charge in [0.2, 0.25) is 10.0 Å². The van der Waals surface area contributed by atoms with E-state index < -0.39 is 10.0 Å². The van der Waals surface area contributed by atoms with Crippen molar-refractivity contribution >= 4 is 21.4 Å². The van der Waals surface area contributed by atoms with E-state index in [1.54, 1.807) is 39.9 Å². The largest absolute Gasteiger partial charge is 0.243 e. The van der Waals surface area contributed by atoms with Crippen molar-refractivity contribution in [3.8, 4) is 0 Å². The number of thiophene rings is 1. The topological polar surface area (TPSA) is 37.4 Å². The molecule has 1 aliphatic heterocycles. The molecule has 1 saturated heterocycles. The molecule has 0 amide bonds.